The summed E-state index contributed by atoms with van der Waals surface area (Å²) in [6.45, 7) is 3.86. The van der Waals surface area contributed by atoms with Gasteiger partial charge in [0.25, 0.3) is 0 Å². The standard InChI is InChI=1S/C20H29N3O4/c1-26-15-5-10-21-18(24)20(8-9-20)19(25)23-13-11-22(12-14-23)16-6-3-4-7-17(16)27-2/h3-4,6-7H,5,8-15H2,1-2H3,(H,21,24). The van der Waals surface area contributed by atoms with E-state index >= 15 is 0 Å². The zero-order valence-electron chi connectivity index (χ0n) is 16.2. The van der Waals surface area contributed by atoms with Crippen molar-refractivity contribution in [1.29, 1.82) is 0 Å². The number of hydrogen-bond acceptors (Lipinski definition) is 5. The molecule has 0 radical (unpaired) electrons. The zero-order valence-corrected chi connectivity index (χ0v) is 16.2. The number of rotatable bonds is 8. The highest BCUT2D eigenvalue weighted by molar-refractivity contribution is 6.07. The van der Waals surface area contributed by atoms with Crippen LogP contribution in [0.25, 0.3) is 0 Å². The first-order chi connectivity index (χ1) is 13.1. The zero-order chi connectivity index (χ0) is 19.3. The predicted molar refractivity (Wildman–Crippen MR) is 103 cm³/mol. The summed E-state index contributed by atoms with van der Waals surface area (Å²) in [5.74, 6) is 0.688. The first kappa shape index (κ1) is 19.5. The maximum Gasteiger partial charge on any atom is 0.238 e. The Morgan fingerprint density at radius 2 is 1.81 bits per heavy atom. The number of benzene rings is 1. The lowest BCUT2D eigenvalue weighted by molar-refractivity contribution is -0.144. The third-order valence-electron chi connectivity index (χ3n) is 5.40. The molecule has 1 heterocycles. The van der Waals surface area contributed by atoms with E-state index in [1.165, 1.54) is 0 Å². The lowest BCUT2D eigenvalue weighted by atomic mass is 10.0. The summed E-state index contributed by atoms with van der Waals surface area (Å²) in [5.41, 5.74) is 0.212. The predicted octanol–water partition coefficient (Wildman–Crippen LogP) is 1.28. The molecule has 3 rings (SSSR count). The highest BCUT2D eigenvalue weighted by Crippen LogP contribution is 2.47. The Morgan fingerprint density at radius 1 is 1.11 bits per heavy atom. The Bertz CT molecular complexity index is 667. The third kappa shape index (κ3) is 4.18. The normalized spacial score (nSPS) is 18.1. The van der Waals surface area contributed by atoms with Gasteiger partial charge in [-0.2, -0.15) is 0 Å². The van der Waals surface area contributed by atoms with E-state index in [0.29, 0.717) is 39.1 Å². The van der Waals surface area contributed by atoms with E-state index in [1.54, 1.807) is 14.2 Å². The van der Waals surface area contributed by atoms with Crippen molar-refractivity contribution in [1.82, 2.24) is 10.2 Å². The van der Waals surface area contributed by atoms with Crippen LogP contribution in [-0.4, -0.2) is 70.3 Å². The molecule has 0 unspecified atom stereocenters. The number of carbonyl (C=O) groups excluding carboxylic acids is 2. The number of carbonyl (C=O) groups is 2. The second-order valence-electron chi connectivity index (χ2n) is 7.14. The van der Waals surface area contributed by atoms with E-state index in [1.807, 2.05) is 29.2 Å². The van der Waals surface area contributed by atoms with Crippen molar-refractivity contribution in [2.45, 2.75) is 19.3 Å². The van der Waals surface area contributed by atoms with E-state index in [9.17, 15) is 9.59 Å². The van der Waals surface area contributed by atoms with Gasteiger partial charge in [-0.05, 0) is 31.4 Å². The van der Waals surface area contributed by atoms with Crippen LogP contribution < -0.4 is 15.0 Å². The van der Waals surface area contributed by atoms with Crippen LogP contribution in [0, 0.1) is 5.41 Å². The Morgan fingerprint density at radius 3 is 2.44 bits per heavy atom. The van der Waals surface area contributed by atoms with Gasteiger partial charge in [-0.25, -0.2) is 0 Å². The lowest BCUT2D eigenvalue weighted by Gasteiger charge is -2.38. The molecule has 2 fully saturated rings. The molecule has 0 aromatic heterocycles. The van der Waals surface area contributed by atoms with Crippen molar-refractivity contribution < 1.29 is 19.1 Å². The van der Waals surface area contributed by atoms with E-state index in [-0.39, 0.29) is 11.8 Å². The van der Waals surface area contributed by atoms with Crippen LogP contribution in [0.1, 0.15) is 19.3 Å². The van der Waals surface area contributed by atoms with Crippen molar-refractivity contribution in [2.75, 3.05) is 58.5 Å². The summed E-state index contributed by atoms with van der Waals surface area (Å²) in [6.07, 6.45) is 2.05. The number of amides is 2. The molecule has 1 saturated carbocycles. The van der Waals surface area contributed by atoms with E-state index < -0.39 is 5.41 Å². The second-order valence-corrected chi connectivity index (χ2v) is 7.14. The summed E-state index contributed by atoms with van der Waals surface area (Å²) < 4.78 is 10.4. The van der Waals surface area contributed by atoms with Gasteiger partial charge < -0.3 is 24.6 Å². The summed E-state index contributed by atoms with van der Waals surface area (Å²) in [4.78, 5) is 29.6. The van der Waals surface area contributed by atoms with Crippen LogP contribution in [0.15, 0.2) is 24.3 Å². The minimum Gasteiger partial charge on any atom is -0.495 e. The summed E-state index contributed by atoms with van der Waals surface area (Å²) in [6, 6.07) is 7.92. The fourth-order valence-corrected chi connectivity index (χ4v) is 3.59. The topological polar surface area (TPSA) is 71.1 Å². The first-order valence-electron chi connectivity index (χ1n) is 9.57. The monoisotopic (exact) mass is 375 g/mol. The highest BCUT2D eigenvalue weighted by Gasteiger charge is 2.58. The Kier molecular flexibility index (Phi) is 6.21. The molecule has 0 spiro atoms. The summed E-state index contributed by atoms with van der Waals surface area (Å²) >= 11 is 0. The number of nitrogens with one attached hydrogen (secondary N) is 1. The summed E-state index contributed by atoms with van der Waals surface area (Å²) in [7, 11) is 3.30. The fraction of sp³-hybridized carbons (Fsp3) is 0.600. The van der Waals surface area contributed by atoms with Gasteiger partial charge in [-0.15, -0.1) is 0 Å². The molecule has 148 valence electrons. The molecule has 1 aliphatic heterocycles. The van der Waals surface area contributed by atoms with Crippen LogP contribution in [-0.2, 0) is 14.3 Å². The van der Waals surface area contributed by atoms with Gasteiger partial charge in [-0.3, -0.25) is 9.59 Å². The van der Waals surface area contributed by atoms with Crippen LogP contribution in [0.4, 0.5) is 5.69 Å². The number of hydrogen-bond donors (Lipinski definition) is 1. The average Bonchev–Trinajstić information content (AvgIpc) is 3.53. The second kappa shape index (κ2) is 8.61. The van der Waals surface area contributed by atoms with Crippen LogP contribution in [0.5, 0.6) is 5.75 Å². The minimum atomic E-state index is -0.834. The van der Waals surface area contributed by atoms with Crippen molar-refractivity contribution in [3.8, 4) is 5.75 Å². The summed E-state index contributed by atoms with van der Waals surface area (Å²) in [5, 5.41) is 2.90. The average molecular weight is 375 g/mol. The molecular formula is C20H29N3O4. The molecule has 1 aromatic carbocycles. The van der Waals surface area contributed by atoms with Crippen molar-refractivity contribution >= 4 is 17.5 Å². The molecular weight excluding hydrogens is 346 g/mol. The van der Waals surface area contributed by atoms with E-state index in [2.05, 4.69) is 10.2 Å². The molecule has 27 heavy (non-hydrogen) atoms. The number of nitrogens with zero attached hydrogens (tertiary/aromatic N) is 2. The molecule has 2 amide bonds. The molecule has 0 bridgehead atoms. The number of ether oxygens (including phenoxy) is 2. The van der Waals surface area contributed by atoms with Crippen molar-refractivity contribution in [2.24, 2.45) is 5.41 Å². The van der Waals surface area contributed by atoms with Crippen LogP contribution in [0.2, 0.25) is 0 Å². The SMILES string of the molecule is COCCCNC(=O)C1(C(=O)N2CCN(c3ccccc3OC)CC2)CC1. The Hall–Kier alpha value is -2.28. The number of methoxy groups -OCH3 is 2. The minimum absolute atomic E-state index is 0.0218. The van der Waals surface area contributed by atoms with Crippen molar-refractivity contribution in [3.63, 3.8) is 0 Å². The number of anilines is 1. The molecule has 2 aliphatic rings. The smallest absolute Gasteiger partial charge is 0.238 e. The largest absolute Gasteiger partial charge is 0.495 e. The van der Waals surface area contributed by atoms with Gasteiger partial charge in [-0.1, -0.05) is 12.1 Å². The van der Waals surface area contributed by atoms with Gasteiger partial charge in [0.05, 0.1) is 12.8 Å². The fourth-order valence-electron chi connectivity index (χ4n) is 3.59. The molecule has 7 heteroatoms. The lowest BCUT2D eigenvalue weighted by Crippen LogP contribution is -2.53. The maximum atomic E-state index is 13.0. The van der Waals surface area contributed by atoms with Gasteiger partial charge in [0.2, 0.25) is 11.8 Å². The Balaban J connectivity index is 1.54. The maximum absolute atomic E-state index is 13.0. The van der Waals surface area contributed by atoms with Crippen LogP contribution in [0.3, 0.4) is 0 Å². The van der Waals surface area contributed by atoms with Gasteiger partial charge in [0, 0.05) is 46.4 Å². The molecule has 1 aromatic rings. The number of piperazine rings is 1. The molecule has 0 atom stereocenters. The number of para-hydroxylation sites is 2. The van der Waals surface area contributed by atoms with Gasteiger partial charge in [0.15, 0.2) is 0 Å². The molecule has 1 N–H and O–H groups in total. The van der Waals surface area contributed by atoms with Crippen LogP contribution >= 0.6 is 0 Å². The molecule has 1 saturated heterocycles. The highest BCUT2D eigenvalue weighted by atomic mass is 16.5. The Labute approximate surface area is 160 Å². The molecule has 7 nitrogen and oxygen atoms in total. The van der Waals surface area contributed by atoms with Crippen molar-refractivity contribution in [3.05, 3.63) is 24.3 Å². The van der Waals surface area contributed by atoms with Gasteiger partial charge >= 0.3 is 0 Å². The van der Waals surface area contributed by atoms with Gasteiger partial charge in [0.1, 0.15) is 11.2 Å². The quantitative estimate of drug-likeness (QED) is 0.547. The first-order valence-corrected chi connectivity index (χ1v) is 9.57. The third-order valence-corrected chi connectivity index (χ3v) is 5.40. The van der Waals surface area contributed by atoms with E-state index in [4.69, 9.17) is 9.47 Å². The molecule has 1 aliphatic carbocycles. The van der Waals surface area contributed by atoms with E-state index in [0.717, 1.165) is 30.9 Å².